The van der Waals surface area contributed by atoms with Gasteiger partial charge in [0.05, 0.1) is 26.5 Å². The summed E-state index contributed by atoms with van der Waals surface area (Å²) in [6, 6.07) is 11.0. The molecule has 0 saturated carbocycles. The minimum absolute atomic E-state index is 0.236. The van der Waals surface area contributed by atoms with E-state index in [1.165, 1.54) is 0 Å². The number of hydrogen-bond acceptors (Lipinski definition) is 6. The number of urea groups is 1. The molecule has 0 bridgehead atoms. The first-order chi connectivity index (χ1) is 13.7. The number of nitrogens with one attached hydrogen (secondary N) is 2. The van der Waals surface area contributed by atoms with Crippen LogP contribution in [0.1, 0.15) is 11.3 Å². The predicted molar refractivity (Wildman–Crippen MR) is 104 cm³/mol. The van der Waals surface area contributed by atoms with Crippen LogP contribution >= 0.6 is 0 Å². The zero-order chi connectivity index (χ0) is 19.8. The highest BCUT2D eigenvalue weighted by Crippen LogP contribution is 2.27. The zero-order valence-corrected chi connectivity index (χ0v) is 15.8. The molecule has 0 aliphatic heterocycles. The topological polar surface area (TPSA) is 103 Å². The molecular weight excluding hydrogens is 360 g/mol. The Balaban J connectivity index is 1.46. The number of carbonyl (C=O) groups excluding carboxylic acids is 1. The normalized spacial score (nSPS) is 10.4. The lowest BCUT2D eigenvalue weighted by Gasteiger charge is -2.10. The van der Waals surface area contributed by atoms with Gasteiger partial charge in [-0.2, -0.15) is 0 Å². The van der Waals surface area contributed by atoms with Crippen molar-refractivity contribution in [1.82, 2.24) is 25.1 Å². The number of methoxy groups -OCH3 is 2. The Morgan fingerprint density at radius 3 is 2.71 bits per heavy atom. The molecule has 0 saturated heterocycles. The van der Waals surface area contributed by atoms with Gasteiger partial charge in [0.2, 0.25) is 5.95 Å². The Morgan fingerprint density at radius 1 is 1.11 bits per heavy atom. The average Bonchev–Trinajstić information content (AvgIpc) is 3.15. The number of benzene rings is 1. The third-order valence-corrected chi connectivity index (χ3v) is 3.96. The molecule has 28 heavy (non-hydrogen) atoms. The minimum Gasteiger partial charge on any atom is -0.493 e. The summed E-state index contributed by atoms with van der Waals surface area (Å²) >= 11 is 0. The van der Waals surface area contributed by atoms with Crippen LogP contribution < -0.4 is 20.1 Å². The van der Waals surface area contributed by atoms with E-state index in [1.807, 2.05) is 36.4 Å². The number of pyridine rings is 1. The van der Waals surface area contributed by atoms with Gasteiger partial charge in [-0.05, 0) is 36.2 Å². The lowest BCUT2D eigenvalue weighted by molar-refractivity contribution is 0.252. The molecule has 1 aromatic carbocycles. The highest BCUT2D eigenvalue weighted by atomic mass is 16.5. The quantitative estimate of drug-likeness (QED) is 0.618. The van der Waals surface area contributed by atoms with Crippen molar-refractivity contribution in [3.63, 3.8) is 0 Å². The summed E-state index contributed by atoms with van der Waals surface area (Å²) in [5.41, 5.74) is 1.88. The van der Waals surface area contributed by atoms with Crippen LogP contribution in [-0.4, -0.2) is 46.5 Å². The van der Waals surface area contributed by atoms with Crippen molar-refractivity contribution in [2.24, 2.45) is 0 Å². The summed E-state index contributed by atoms with van der Waals surface area (Å²) in [6.45, 7) is 0.937. The second kappa shape index (κ2) is 9.36. The molecule has 9 heteroatoms. The molecule has 0 atom stereocenters. The molecule has 2 N–H and O–H groups in total. The van der Waals surface area contributed by atoms with Crippen LogP contribution in [0.15, 0.2) is 48.9 Å². The van der Waals surface area contributed by atoms with E-state index in [2.05, 4.69) is 25.7 Å². The van der Waals surface area contributed by atoms with E-state index in [1.54, 1.807) is 31.4 Å². The molecule has 2 amide bonds. The van der Waals surface area contributed by atoms with Crippen molar-refractivity contribution < 1.29 is 14.3 Å². The van der Waals surface area contributed by atoms with Crippen LogP contribution in [0.2, 0.25) is 0 Å². The molecule has 0 radical (unpaired) electrons. The van der Waals surface area contributed by atoms with Gasteiger partial charge in [-0.25, -0.2) is 14.5 Å². The molecule has 9 nitrogen and oxygen atoms in total. The largest absolute Gasteiger partial charge is 0.493 e. The van der Waals surface area contributed by atoms with Crippen LogP contribution in [0.25, 0.3) is 0 Å². The van der Waals surface area contributed by atoms with Crippen LogP contribution in [0.3, 0.4) is 0 Å². The van der Waals surface area contributed by atoms with E-state index in [-0.39, 0.29) is 12.0 Å². The van der Waals surface area contributed by atoms with Gasteiger partial charge in [-0.3, -0.25) is 10.3 Å². The zero-order valence-electron chi connectivity index (χ0n) is 15.8. The van der Waals surface area contributed by atoms with Gasteiger partial charge >= 0.3 is 6.03 Å². The molecule has 0 unspecified atom stereocenters. The van der Waals surface area contributed by atoms with E-state index in [0.717, 1.165) is 11.3 Å². The van der Waals surface area contributed by atoms with Gasteiger partial charge in [0.15, 0.2) is 11.5 Å². The average molecular weight is 382 g/mol. The van der Waals surface area contributed by atoms with Gasteiger partial charge in [-0.1, -0.05) is 12.1 Å². The van der Waals surface area contributed by atoms with E-state index in [4.69, 9.17) is 9.47 Å². The van der Waals surface area contributed by atoms with Gasteiger partial charge in [0.1, 0.15) is 6.33 Å². The van der Waals surface area contributed by atoms with Crippen molar-refractivity contribution in [2.75, 3.05) is 26.1 Å². The third-order valence-electron chi connectivity index (χ3n) is 3.96. The van der Waals surface area contributed by atoms with Crippen molar-refractivity contribution >= 4 is 12.0 Å². The number of carbonyl (C=O) groups is 1. The molecule has 0 aliphatic rings. The van der Waals surface area contributed by atoms with Gasteiger partial charge < -0.3 is 14.8 Å². The van der Waals surface area contributed by atoms with Crippen LogP contribution in [0.4, 0.5) is 10.7 Å². The molecular formula is C19H22N6O3. The van der Waals surface area contributed by atoms with Crippen LogP contribution in [0.5, 0.6) is 11.5 Å². The van der Waals surface area contributed by atoms with E-state index >= 15 is 0 Å². The first-order valence-electron chi connectivity index (χ1n) is 8.73. The molecule has 146 valence electrons. The van der Waals surface area contributed by atoms with Crippen molar-refractivity contribution in [3.8, 4) is 11.5 Å². The van der Waals surface area contributed by atoms with Gasteiger partial charge in [0, 0.05) is 12.7 Å². The van der Waals surface area contributed by atoms with E-state index in [9.17, 15) is 4.79 Å². The fraction of sp³-hybridized carbons (Fsp3) is 0.263. The highest BCUT2D eigenvalue weighted by Gasteiger charge is 2.08. The van der Waals surface area contributed by atoms with Gasteiger partial charge in [0.25, 0.3) is 0 Å². The van der Waals surface area contributed by atoms with Crippen LogP contribution in [0, 0.1) is 0 Å². The Morgan fingerprint density at radius 2 is 1.96 bits per heavy atom. The molecule has 2 aromatic heterocycles. The number of aromatic nitrogens is 4. The Kier molecular flexibility index (Phi) is 6.40. The monoisotopic (exact) mass is 382 g/mol. The number of amides is 2. The SMILES string of the molecule is COc1ccc(CCNC(=O)Nc2ncn(Cc3ccccn3)n2)cc1OC. The van der Waals surface area contributed by atoms with Crippen molar-refractivity contribution in [2.45, 2.75) is 13.0 Å². The lowest BCUT2D eigenvalue weighted by Crippen LogP contribution is -2.30. The first kappa shape index (κ1) is 19.2. The first-order valence-corrected chi connectivity index (χ1v) is 8.73. The van der Waals surface area contributed by atoms with Crippen LogP contribution in [-0.2, 0) is 13.0 Å². The fourth-order valence-corrected chi connectivity index (χ4v) is 2.59. The Hall–Kier alpha value is -3.62. The standard InChI is InChI=1S/C19H22N6O3/c1-27-16-7-6-14(11-17(16)28-2)8-10-21-19(26)23-18-22-13-25(24-18)12-15-5-3-4-9-20-15/h3-7,9,11,13H,8,10,12H2,1-2H3,(H2,21,23,24,26). The smallest absolute Gasteiger partial charge is 0.321 e. The summed E-state index contributed by atoms with van der Waals surface area (Å²) in [7, 11) is 3.18. The fourth-order valence-electron chi connectivity index (χ4n) is 2.59. The number of ether oxygens (including phenoxy) is 2. The van der Waals surface area contributed by atoms with E-state index < -0.39 is 0 Å². The summed E-state index contributed by atoms with van der Waals surface area (Å²) in [4.78, 5) is 20.3. The third kappa shape index (κ3) is 5.19. The second-order valence-corrected chi connectivity index (χ2v) is 5.91. The summed E-state index contributed by atoms with van der Waals surface area (Å²) in [5.74, 6) is 1.57. The number of hydrogen-bond donors (Lipinski definition) is 2. The summed E-state index contributed by atoms with van der Waals surface area (Å²) in [5, 5.41) is 9.61. The number of nitrogens with zero attached hydrogens (tertiary/aromatic N) is 4. The lowest BCUT2D eigenvalue weighted by atomic mass is 10.1. The molecule has 2 heterocycles. The van der Waals surface area contributed by atoms with Gasteiger partial charge in [-0.15, -0.1) is 5.10 Å². The molecule has 0 fully saturated rings. The van der Waals surface area contributed by atoms with Crippen molar-refractivity contribution in [3.05, 3.63) is 60.2 Å². The summed E-state index contributed by atoms with van der Waals surface area (Å²) < 4.78 is 12.1. The molecule has 0 spiro atoms. The maximum Gasteiger partial charge on any atom is 0.321 e. The highest BCUT2D eigenvalue weighted by molar-refractivity contribution is 5.87. The minimum atomic E-state index is -0.365. The molecule has 0 aliphatic carbocycles. The second-order valence-electron chi connectivity index (χ2n) is 5.91. The van der Waals surface area contributed by atoms with E-state index in [0.29, 0.717) is 31.0 Å². The molecule has 3 aromatic rings. The summed E-state index contributed by atoms with van der Waals surface area (Å²) in [6.07, 6.45) is 3.92. The predicted octanol–water partition coefficient (Wildman–Crippen LogP) is 2.10. The van der Waals surface area contributed by atoms with Crippen molar-refractivity contribution in [1.29, 1.82) is 0 Å². The Bertz CT molecular complexity index is 913. The number of rotatable bonds is 8. The molecule has 3 rings (SSSR count). The number of anilines is 1. The maximum atomic E-state index is 12.0. The Labute approximate surface area is 162 Å². The maximum absolute atomic E-state index is 12.0.